The van der Waals surface area contributed by atoms with Gasteiger partial charge in [0.25, 0.3) is 0 Å². The smallest absolute Gasteiger partial charge is 0.130 e. The lowest BCUT2D eigenvalue weighted by molar-refractivity contribution is 0.141. The number of halogens is 3. The molecule has 1 nitrogen and oxygen atoms in total. The first kappa shape index (κ1) is 12.0. The number of hydrogen-bond donors (Lipinski definition) is 1. The van der Waals surface area contributed by atoms with E-state index in [2.05, 4.69) is 15.9 Å². The molecule has 4 heteroatoms. The largest absolute Gasteiger partial charge is 0.328 e. The average molecular weight is 290 g/mol. The Bertz CT molecular complexity index is 393. The minimum absolute atomic E-state index is 0.0101. The topological polar surface area (TPSA) is 26.0 Å². The second-order valence-corrected chi connectivity index (χ2v) is 5.34. The summed E-state index contributed by atoms with van der Waals surface area (Å²) < 4.78 is 28.7. The predicted octanol–water partition coefficient (Wildman–Crippen LogP) is 3.21. The lowest BCUT2D eigenvalue weighted by Crippen LogP contribution is -2.38. The molecule has 1 aliphatic rings. The minimum Gasteiger partial charge on any atom is -0.328 e. The lowest BCUT2D eigenvalue weighted by atomic mass is 9.91. The predicted molar refractivity (Wildman–Crippen MR) is 63.4 cm³/mol. The van der Waals surface area contributed by atoms with E-state index in [1.54, 1.807) is 12.1 Å². The van der Waals surface area contributed by atoms with Gasteiger partial charge in [0, 0.05) is 17.4 Å². The molecule has 2 rings (SSSR count). The number of benzene rings is 1. The fraction of sp³-hybridized carbons (Fsp3) is 0.500. The van der Waals surface area contributed by atoms with Crippen molar-refractivity contribution in [2.24, 2.45) is 11.7 Å². The van der Waals surface area contributed by atoms with Gasteiger partial charge in [-0.1, -0.05) is 15.9 Å². The van der Waals surface area contributed by atoms with Crippen molar-refractivity contribution in [3.05, 3.63) is 34.1 Å². The Labute approximate surface area is 102 Å². The molecule has 16 heavy (non-hydrogen) atoms. The zero-order valence-corrected chi connectivity index (χ0v) is 10.4. The molecule has 2 N–H and O–H groups in total. The molecule has 0 radical (unpaired) electrons. The number of rotatable bonds is 4. The highest BCUT2D eigenvalue weighted by molar-refractivity contribution is 9.10. The molecule has 1 atom stereocenters. The van der Waals surface area contributed by atoms with Crippen LogP contribution in [0.1, 0.15) is 18.4 Å². The van der Waals surface area contributed by atoms with Gasteiger partial charge >= 0.3 is 0 Å². The molecule has 0 aliphatic heterocycles. The fourth-order valence-electron chi connectivity index (χ4n) is 1.98. The first-order chi connectivity index (χ1) is 7.55. The summed E-state index contributed by atoms with van der Waals surface area (Å²) >= 11 is 3.26. The molecule has 0 aromatic heterocycles. The Hall–Kier alpha value is -0.480. The maximum absolute atomic E-state index is 14.4. The van der Waals surface area contributed by atoms with Crippen molar-refractivity contribution in [1.82, 2.24) is 0 Å². The van der Waals surface area contributed by atoms with Crippen molar-refractivity contribution >= 4 is 15.9 Å². The molecule has 1 saturated carbocycles. The van der Waals surface area contributed by atoms with Gasteiger partial charge in [-0.3, -0.25) is 0 Å². The molecular formula is C12H14BrF2N. The van der Waals surface area contributed by atoms with Gasteiger partial charge in [0.05, 0.1) is 0 Å². The van der Waals surface area contributed by atoms with E-state index < -0.39 is 5.67 Å². The molecule has 0 saturated heterocycles. The maximum atomic E-state index is 14.4. The monoisotopic (exact) mass is 289 g/mol. The number of hydrogen-bond acceptors (Lipinski definition) is 1. The highest BCUT2D eigenvalue weighted by Crippen LogP contribution is 2.43. The molecular weight excluding hydrogens is 276 g/mol. The van der Waals surface area contributed by atoms with E-state index in [0.29, 0.717) is 5.56 Å². The zero-order chi connectivity index (χ0) is 11.8. The second kappa shape index (κ2) is 4.41. The van der Waals surface area contributed by atoms with Gasteiger partial charge in [0.1, 0.15) is 11.5 Å². The minimum atomic E-state index is -1.44. The van der Waals surface area contributed by atoms with Gasteiger partial charge in [-0.15, -0.1) is 0 Å². The Morgan fingerprint density at radius 1 is 1.44 bits per heavy atom. The summed E-state index contributed by atoms with van der Waals surface area (Å²) in [5.74, 6) is -0.352. The third kappa shape index (κ3) is 2.43. The van der Waals surface area contributed by atoms with Gasteiger partial charge in [0.15, 0.2) is 0 Å². The Morgan fingerprint density at radius 3 is 2.69 bits per heavy atom. The summed E-state index contributed by atoms with van der Waals surface area (Å²) in [6.07, 6.45) is 1.80. The van der Waals surface area contributed by atoms with Crippen molar-refractivity contribution < 1.29 is 8.78 Å². The summed E-state index contributed by atoms with van der Waals surface area (Å²) in [7, 11) is 0. The van der Waals surface area contributed by atoms with Crippen LogP contribution in [0.2, 0.25) is 0 Å². The quantitative estimate of drug-likeness (QED) is 0.905. The third-order valence-corrected chi connectivity index (χ3v) is 3.63. The molecule has 0 bridgehead atoms. The van der Waals surface area contributed by atoms with E-state index in [1.165, 1.54) is 6.07 Å². The van der Waals surface area contributed by atoms with Crippen LogP contribution in [0.5, 0.6) is 0 Å². The summed E-state index contributed by atoms with van der Waals surface area (Å²) in [6, 6.07) is 4.59. The Morgan fingerprint density at radius 2 is 2.12 bits per heavy atom. The standard InChI is InChI=1S/C12H14BrF2N/c13-10-3-4-11(14)8(5-10)6-12(15,7-16)9-1-2-9/h3-5,9H,1-2,6-7,16H2. The van der Waals surface area contributed by atoms with Crippen molar-refractivity contribution in [1.29, 1.82) is 0 Å². The second-order valence-electron chi connectivity index (χ2n) is 4.43. The van der Waals surface area contributed by atoms with Crippen LogP contribution in [0.15, 0.2) is 22.7 Å². The molecule has 88 valence electrons. The third-order valence-electron chi connectivity index (χ3n) is 3.14. The van der Waals surface area contributed by atoms with Crippen LogP contribution in [-0.4, -0.2) is 12.2 Å². The highest BCUT2D eigenvalue weighted by atomic mass is 79.9. The van der Waals surface area contributed by atoms with E-state index in [4.69, 9.17) is 5.73 Å². The van der Waals surface area contributed by atoms with Crippen LogP contribution in [0.3, 0.4) is 0 Å². The van der Waals surface area contributed by atoms with Crippen LogP contribution >= 0.6 is 15.9 Å². The van der Waals surface area contributed by atoms with Gasteiger partial charge < -0.3 is 5.73 Å². The van der Waals surface area contributed by atoms with E-state index >= 15 is 0 Å². The van der Waals surface area contributed by atoms with Gasteiger partial charge in [-0.2, -0.15) is 0 Å². The molecule has 0 heterocycles. The van der Waals surface area contributed by atoms with Crippen LogP contribution in [0.4, 0.5) is 8.78 Å². The molecule has 1 fully saturated rings. The van der Waals surface area contributed by atoms with Crippen LogP contribution in [0, 0.1) is 11.7 Å². The van der Waals surface area contributed by atoms with Crippen LogP contribution in [-0.2, 0) is 6.42 Å². The number of nitrogens with two attached hydrogens (primary N) is 1. The molecule has 1 aromatic carbocycles. The summed E-state index contributed by atoms with van der Waals surface area (Å²) in [5.41, 5.74) is 4.43. The Kier molecular flexibility index (Phi) is 3.31. The molecule has 0 amide bonds. The fourth-order valence-corrected chi connectivity index (χ4v) is 2.39. The SMILES string of the molecule is NCC(F)(Cc1cc(Br)ccc1F)C1CC1. The van der Waals surface area contributed by atoms with Gasteiger partial charge in [-0.05, 0) is 42.5 Å². The van der Waals surface area contributed by atoms with Crippen molar-refractivity contribution in [3.63, 3.8) is 0 Å². The van der Waals surface area contributed by atoms with E-state index in [0.717, 1.165) is 17.3 Å². The normalized spacial score (nSPS) is 19.5. The maximum Gasteiger partial charge on any atom is 0.130 e. The van der Waals surface area contributed by atoms with Gasteiger partial charge in [-0.25, -0.2) is 8.78 Å². The van der Waals surface area contributed by atoms with Crippen molar-refractivity contribution in [2.45, 2.75) is 24.9 Å². The zero-order valence-electron chi connectivity index (χ0n) is 8.85. The number of alkyl halides is 1. The molecule has 0 spiro atoms. The first-order valence-electron chi connectivity index (χ1n) is 5.38. The van der Waals surface area contributed by atoms with E-state index in [1.807, 2.05) is 0 Å². The molecule has 1 aliphatic carbocycles. The summed E-state index contributed by atoms with van der Waals surface area (Å²) in [4.78, 5) is 0. The lowest BCUT2D eigenvalue weighted by Gasteiger charge is -2.23. The van der Waals surface area contributed by atoms with Crippen LogP contribution < -0.4 is 5.73 Å². The van der Waals surface area contributed by atoms with Gasteiger partial charge in [0.2, 0.25) is 0 Å². The van der Waals surface area contributed by atoms with Crippen molar-refractivity contribution in [2.75, 3.05) is 6.54 Å². The van der Waals surface area contributed by atoms with Crippen LogP contribution in [0.25, 0.3) is 0 Å². The highest BCUT2D eigenvalue weighted by Gasteiger charge is 2.45. The van der Waals surface area contributed by atoms with E-state index in [-0.39, 0.29) is 24.7 Å². The molecule has 1 unspecified atom stereocenters. The first-order valence-corrected chi connectivity index (χ1v) is 6.17. The Balaban J connectivity index is 2.21. The average Bonchev–Trinajstić information content (AvgIpc) is 3.07. The molecule has 1 aromatic rings. The van der Waals surface area contributed by atoms with Crippen molar-refractivity contribution in [3.8, 4) is 0 Å². The summed E-state index contributed by atoms with van der Waals surface area (Å²) in [5, 5.41) is 0. The summed E-state index contributed by atoms with van der Waals surface area (Å²) in [6.45, 7) is -0.0381. The van der Waals surface area contributed by atoms with E-state index in [9.17, 15) is 8.78 Å².